The number of carbonyl (C=O) groups excluding carboxylic acids is 1. The molecule has 0 radical (unpaired) electrons. The Morgan fingerprint density at radius 2 is 2.20 bits per heavy atom. The molecule has 0 aromatic carbocycles. The molecule has 0 saturated carbocycles. The molecule has 0 aromatic heterocycles. The highest BCUT2D eigenvalue weighted by molar-refractivity contribution is 5.73. The predicted molar refractivity (Wildman–Crippen MR) is 58.1 cm³/mol. The molecule has 1 atom stereocenters. The van der Waals surface area contributed by atoms with Gasteiger partial charge in [-0.2, -0.15) is 0 Å². The van der Waals surface area contributed by atoms with Gasteiger partial charge in [0.2, 0.25) is 0 Å². The van der Waals surface area contributed by atoms with Crippen LogP contribution in [-0.4, -0.2) is 24.3 Å². The van der Waals surface area contributed by atoms with E-state index in [4.69, 9.17) is 10.6 Å². The zero-order valence-corrected chi connectivity index (χ0v) is 9.51. The number of nitrogens with two attached hydrogens (primary N) is 1. The minimum absolute atomic E-state index is 0.0647. The van der Waals surface area contributed by atoms with E-state index in [0.29, 0.717) is 6.61 Å². The first-order chi connectivity index (χ1) is 7.15. The van der Waals surface area contributed by atoms with Gasteiger partial charge in [-0.15, -0.1) is 0 Å². The zero-order valence-electron chi connectivity index (χ0n) is 9.51. The van der Waals surface area contributed by atoms with Crippen LogP contribution in [0.4, 0.5) is 4.79 Å². The molecule has 5 heteroatoms. The van der Waals surface area contributed by atoms with Crippen LogP contribution in [0, 0.1) is 0 Å². The highest BCUT2D eigenvalue weighted by Gasteiger charge is 2.34. The summed E-state index contributed by atoms with van der Waals surface area (Å²) in [5.41, 5.74) is 2.02. The van der Waals surface area contributed by atoms with E-state index >= 15 is 0 Å². The first-order valence-electron chi connectivity index (χ1n) is 5.57. The Morgan fingerprint density at radius 3 is 2.73 bits per heavy atom. The van der Waals surface area contributed by atoms with Crippen molar-refractivity contribution in [2.24, 2.45) is 5.84 Å². The van der Waals surface area contributed by atoms with Crippen LogP contribution in [0.2, 0.25) is 0 Å². The highest BCUT2D eigenvalue weighted by atomic mass is 16.5. The molecular formula is C10H21N3O2. The summed E-state index contributed by atoms with van der Waals surface area (Å²) in [6.07, 6.45) is 3.68. The maximum absolute atomic E-state index is 11.1. The fourth-order valence-corrected chi connectivity index (χ4v) is 2.12. The van der Waals surface area contributed by atoms with Crippen LogP contribution in [0.25, 0.3) is 0 Å². The van der Waals surface area contributed by atoms with Crippen molar-refractivity contribution in [3.63, 3.8) is 0 Å². The Balaban J connectivity index is 2.51. The third-order valence-corrected chi connectivity index (χ3v) is 3.25. The second-order valence-corrected chi connectivity index (χ2v) is 4.05. The van der Waals surface area contributed by atoms with E-state index in [1.807, 2.05) is 0 Å². The quantitative estimate of drug-likeness (QED) is 0.372. The van der Waals surface area contributed by atoms with E-state index < -0.39 is 0 Å². The SMILES string of the molecule is CCC1(CC)CC(NC(=O)NN)CCO1. The molecule has 1 rings (SSSR count). The first-order valence-corrected chi connectivity index (χ1v) is 5.57. The van der Waals surface area contributed by atoms with Crippen LogP contribution in [-0.2, 0) is 4.74 Å². The summed E-state index contributed by atoms with van der Waals surface area (Å²) in [6, 6.07) is -0.148. The number of hydrogen-bond acceptors (Lipinski definition) is 3. The summed E-state index contributed by atoms with van der Waals surface area (Å²) in [5, 5.41) is 2.84. The van der Waals surface area contributed by atoms with Gasteiger partial charge < -0.3 is 10.1 Å². The standard InChI is InChI=1S/C10H21N3O2/c1-3-10(4-2)7-8(5-6-15-10)12-9(14)13-11/h8H,3-7,11H2,1-2H3,(H2,12,13,14). The number of carbonyl (C=O) groups is 1. The van der Waals surface area contributed by atoms with Crippen molar-refractivity contribution in [1.29, 1.82) is 0 Å². The van der Waals surface area contributed by atoms with Crippen molar-refractivity contribution in [2.75, 3.05) is 6.61 Å². The summed E-state index contributed by atoms with van der Waals surface area (Å²) >= 11 is 0. The molecule has 1 fully saturated rings. The van der Waals surface area contributed by atoms with E-state index in [1.165, 1.54) is 0 Å². The van der Waals surface area contributed by atoms with Gasteiger partial charge in [0.25, 0.3) is 0 Å². The smallest absolute Gasteiger partial charge is 0.329 e. The largest absolute Gasteiger partial charge is 0.375 e. The predicted octanol–water partition coefficient (Wildman–Crippen LogP) is 0.897. The molecule has 15 heavy (non-hydrogen) atoms. The van der Waals surface area contributed by atoms with Crippen molar-refractivity contribution in [3.8, 4) is 0 Å². The Bertz CT molecular complexity index is 217. The van der Waals surface area contributed by atoms with Gasteiger partial charge in [-0.05, 0) is 25.7 Å². The highest BCUT2D eigenvalue weighted by Crippen LogP contribution is 2.31. The fourth-order valence-electron chi connectivity index (χ4n) is 2.12. The van der Waals surface area contributed by atoms with E-state index in [0.717, 1.165) is 25.7 Å². The number of ether oxygens (including phenoxy) is 1. The van der Waals surface area contributed by atoms with Crippen molar-refractivity contribution in [2.45, 2.75) is 51.2 Å². The number of amides is 2. The summed E-state index contributed by atoms with van der Waals surface area (Å²) in [5.74, 6) is 5.03. The maximum atomic E-state index is 11.1. The van der Waals surface area contributed by atoms with Crippen LogP contribution < -0.4 is 16.6 Å². The van der Waals surface area contributed by atoms with Crippen molar-refractivity contribution < 1.29 is 9.53 Å². The summed E-state index contributed by atoms with van der Waals surface area (Å²) in [4.78, 5) is 11.1. The molecule has 2 amide bonds. The lowest BCUT2D eigenvalue weighted by Crippen LogP contribution is -2.51. The second kappa shape index (κ2) is 5.32. The van der Waals surface area contributed by atoms with Crippen molar-refractivity contribution in [3.05, 3.63) is 0 Å². The van der Waals surface area contributed by atoms with Crippen molar-refractivity contribution >= 4 is 6.03 Å². The van der Waals surface area contributed by atoms with E-state index in [1.54, 1.807) is 0 Å². The number of urea groups is 1. The molecule has 4 N–H and O–H groups in total. The Hall–Kier alpha value is -0.810. The number of hydrogen-bond donors (Lipinski definition) is 3. The first kappa shape index (κ1) is 12.3. The van der Waals surface area contributed by atoms with Crippen LogP contribution in [0.3, 0.4) is 0 Å². The normalized spacial score (nSPS) is 24.6. The third kappa shape index (κ3) is 3.07. The minimum atomic E-state index is -0.317. The van der Waals surface area contributed by atoms with Crippen LogP contribution in [0.5, 0.6) is 0 Å². The molecule has 1 heterocycles. The number of rotatable bonds is 3. The third-order valence-electron chi connectivity index (χ3n) is 3.25. The molecule has 1 unspecified atom stereocenters. The van der Waals surface area contributed by atoms with E-state index in [9.17, 15) is 4.79 Å². The lowest BCUT2D eigenvalue weighted by Gasteiger charge is -2.40. The fraction of sp³-hybridized carbons (Fsp3) is 0.900. The van der Waals surface area contributed by atoms with Gasteiger partial charge in [-0.3, -0.25) is 5.43 Å². The Labute approximate surface area is 90.7 Å². The molecular weight excluding hydrogens is 194 g/mol. The average Bonchev–Trinajstić information content (AvgIpc) is 2.29. The monoisotopic (exact) mass is 215 g/mol. The van der Waals surface area contributed by atoms with Gasteiger partial charge in [-0.25, -0.2) is 10.6 Å². The van der Waals surface area contributed by atoms with Crippen LogP contribution in [0.1, 0.15) is 39.5 Å². The van der Waals surface area contributed by atoms with Crippen LogP contribution in [0.15, 0.2) is 0 Å². The molecule has 1 aliphatic rings. The lowest BCUT2D eigenvalue weighted by molar-refractivity contribution is -0.0915. The summed E-state index contributed by atoms with van der Waals surface area (Å²) < 4.78 is 5.81. The van der Waals surface area contributed by atoms with Gasteiger partial charge in [0.15, 0.2) is 0 Å². The van der Waals surface area contributed by atoms with Gasteiger partial charge >= 0.3 is 6.03 Å². The Kier molecular flexibility index (Phi) is 4.35. The van der Waals surface area contributed by atoms with E-state index in [-0.39, 0.29) is 17.7 Å². The summed E-state index contributed by atoms with van der Waals surface area (Å²) in [7, 11) is 0. The lowest BCUT2D eigenvalue weighted by atomic mass is 9.86. The van der Waals surface area contributed by atoms with Crippen molar-refractivity contribution in [1.82, 2.24) is 10.7 Å². The van der Waals surface area contributed by atoms with Gasteiger partial charge in [0.05, 0.1) is 5.60 Å². The minimum Gasteiger partial charge on any atom is -0.375 e. The van der Waals surface area contributed by atoms with Gasteiger partial charge in [0, 0.05) is 12.6 Å². The molecule has 88 valence electrons. The zero-order chi connectivity index (χ0) is 11.3. The topological polar surface area (TPSA) is 76.4 Å². The molecule has 0 spiro atoms. The summed E-state index contributed by atoms with van der Waals surface area (Å²) in [6.45, 7) is 4.95. The Morgan fingerprint density at radius 1 is 1.53 bits per heavy atom. The maximum Gasteiger partial charge on any atom is 0.329 e. The van der Waals surface area contributed by atoms with Gasteiger partial charge in [-0.1, -0.05) is 13.8 Å². The van der Waals surface area contributed by atoms with Gasteiger partial charge in [0.1, 0.15) is 0 Å². The molecule has 0 bridgehead atoms. The number of nitrogens with one attached hydrogen (secondary N) is 2. The molecule has 0 aromatic rings. The average molecular weight is 215 g/mol. The van der Waals surface area contributed by atoms with E-state index in [2.05, 4.69) is 24.6 Å². The molecule has 5 nitrogen and oxygen atoms in total. The molecule has 1 aliphatic heterocycles. The number of hydrazine groups is 1. The molecule has 1 saturated heterocycles. The second-order valence-electron chi connectivity index (χ2n) is 4.05. The van der Waals surface area contributed by atoms with Crippen LogP contribution >= 0.6 is 0 Å². The molecule has 0 aliphatic carbocycles.